The first-order valence-electron chi connectivity index (χ1n) is 7.12. The van der Waals surface area contributed by atoms with Crippen LogP contribution in [0, 0.1) is 0 Å². The normalized spacial score (nSPS) is 23.6. The zero-order valence-electron chi connectivity index (χ0n) is 11.7. The monoisotopic (exact) mass is 275 g/mol. The van der Waals surface area contributed by atoms with Crippen LogP contribution in [0.1, 0.15) is 37.3 Å². The molecule has 1 aromatic carbocycles. The Hall–Kier alpha value is -1.59. The van der Waals surface area contributed by atoms with Gasteiger partial charge in [-0.3, -0.25) is 4.79 Å². The Labute approximate surface area is 118 Å². The minimum absolute atomic E-state index is 0.158. The lowest BCUT2D eigenvalue weighted by Crippen LogP contribution is -2.39. The van der Waals surface area contributed by atoms with Crippen LogP contribution in [-0.4, -0.2) is 30.2 Å². The number of amides is 1. The number of carbonyl (C=O) groups excluding carboxylic acids is 1. The Morgan fingerprint density at radius 3 is 2.85 bits per heavy atom. The second kappa shape index (κ2) is 4.75. The van der Waals surface area contributed by atoms with Gasteiger partial charge in [-0.1, -0.05) is 18.9 Å². The van der Waals surface area contributed by atoms with Crippen LogP contribution in [0.25, 0.3) is 0 Å². The number of anilines is 2. The van der Waals surface area contributed by atoms with Crippen molar-refractivity contribution in [1.29, 1.82) is 0 Å². The fraction of sp³-hybridized carbons (Fsp3) is 0.533. The fourth-order valence-corrected chi connectivity index (χ4v) is 3.24. The molecule has 1 fully saturated rings. The molecule has 3 rings (SSSR count). The lowest BCUT2D eigenvalue weighted by Gasteiger charge is -2.30. The van der Waals surface area contributed by atoms with Gasteiger partial charge < -0.3 is 21.1 Å². The van der Waals surface area contributed by atoms with Crippen LogP contribution in [0.5, 0.6) is 0 Å². The van der Waals surface area contributed by atoms with Crippen molar-refractivity contribution in [3.05, 3.63) is 23.8 Å². The lowest BCUT2D eigenvalue weighted by molar-refractivity contribution is -0.116. The molecule has 1 saturated carbocycles. The van der Waals surface area contributed by atoms with E-state index < -0.39 is 11.6 Å². The van der Waals surface area contributed by atoms with Crippen LogP contribution < -0.4 is 16.0 Å². The van der Waals surface area contributed by atoms with Gasteiger partial charge in [0, 0.05) is 30.5 Å². The Morgan fingerprint density at radius 1 is 1.45 bits per heavy atom. The fourth-order valence-electron chi connectivity index (χ4n) is 3.24. The molecule has 0 aromatic heterocycles. The van der Waals surface area contributed by atoms with Crippen molar-refractivity contribution in [2.75, 3.05) is 23.8 Å². The van der Waals surface area contributed by atoms with Gasteiger partial charge in [0.1, 0.15) is 6.04 Å². The van der Waals surface area contributed by atoms with Gasteiger partial charge in [0.15, 0.2) is 0 Å². The van der Waals surface area contributed by atoms with E-state index in [9.17, 15) is 9.90 Å². The Kier molecular flexibility index (Phi) is 3.18. The molecule has 5 nitrogen and oxygen atoms in total. The highest BCUT2D eigenvalue weighted by Crippen LogP contribution is 2.35. The van der Waals surface area contributed by atoms with E-state index in [-0.39, 0.29) is 5.91 Å². The molecule has 1 unspecified atom stereocenters. The summed E-state index contributed by atoms with van der Waals surface area (Å²) >= 11 is 0. The first-order chi connectivity index (χ1) is 9.48. The van der Waals surface area contributed by atoms with Crippen LogP contribution in [0.3, 0.4) is 0 Å². The molecule has 20 heavy (non-hydrogen) atoms. The number of nitrogens with two attached hydrogens (primary N) is 1. The van der Waals surface area contributed by atoms with Crippen LogP contribution in [0.2, 0.25) is 0 Å². The molecule has 0 saturated heterocycles. The van der Waals surface area contributed by atoms with Gasteiger partial charge in [-0.25, -0.2) is 0 Å². The van der Waals surface area contributed by atoms with Gasteiger partial charge in [0.05, 0.1) is 5.60 Å². The van der Waals surface area contributed by atoms with Crippen LogP contribution in [0.15, 0.2) is 18.2 Å². The summed E-state index contributed by atoms with van der Waals surface area (Å²) in [5.41, 5.74) is 7.83. The lowest BCUT2D eigenvalue weighted by atomic mass is 10.0. The number of fused-ring (bicyclic) bond motifs is 1. The highest BCUT2D eigenvalue weighted by atomic mass is 16.3. The van der Waals surface area contributed by atoms with Crippen LogP contribution in [0.4, 0.5) is 11.4 Å². The number of carbonyl (C=O) groups is 1. The molecular formula is C15H21N3O2. The maximum atomic E-state index is 11.6. The molecule has 108 valence electrons. The van der Waals surface area contributed by atoms with Gasteiger partial charge in [0.2, 0.25) is 5.91 Å². The van der Waals surface area contributed by atoms with Gasteiger partial charge in [-0.05, 0) is 25.0 Å². The molecule has 5 heteroatoms. The van der Waals surface area contributed by atoms with Crippen LogP contribution >= 0.6 is 0 Å². The summed E-state index contributed by atoms with van der Waals surface area (Å²) in [4.78, 5) is 13.6. The SMILES string of the molecule is CN(CC1(O)CCCC1)c1ccc2c(c1)NC(=O)C2N. The molecule has 1 heterocycles. The average Bonchev–Trinajstić information content (AvgIpc) is 2.95. The summed E-state index contributed by atoms with van der Waals surface area (Å²) < 4.78 is 0. The number of nitrogens with one attached hydrogen (secondary N) is 1. The van der Waals surface area contributed by atoms with Gasteiger partial charge >= 0.3 is 0 Å². The number of aliphatic hydroxyl groups is 1. The number of hydrogen-bond acceptors (Lipinski definition) is 4. The summed E-state index contributed by atoms with van der Waals surface area (Å²) in [5, 5.41) is 13.3. The van der Waals surface area contributed by atoms with Gasteiger partial charge in [0.25, 0.3) is 0 Å². The molecule has 1 aliphatic carbocycles. The number of rotatable bonds is 3. The van der Waals surface area contributed by atoms with Gasteiger partial charge in [-0.15, -0.1) is 0 Å². The van der Waals surface area contributed by atoms with E-state index in [1.807, 2.05) is 30.1 Å². The Morgan fingerprint density at radius 2 is 2.15 bits per heavy atom. The second-order valence-corrected chi connectivity index (χ2v) is 6.03. The molecular weight excluding hydrogens is 254 g/mol. The highest BCUT2D eigenvalue weighted by Gasteiger charge is 2.33. The van der Waals surface area contributed by atoms with Crippen molar-refractivity contribution in [2.24, 2.45) is 5.73 Å². The number of likely N-dealkylation sites (N-methyl/N-ethyl adjacent to an activating group) is 1. The summed E-state index contributed by atoms with van der Waals surface area (Å²) in [5.74, 6) is -0.158. The first-order valence-corrected chi connectivity index (χ1v) is 7.12. The molecule has 0 spiro atoms. The number of benzene rings is 1. The maximum absolute atomic E-state index is 11.6. The smallest absolute Gasteiger partial charge is 0.245 e. The largest absolute Gasteiger partial charge is 0.388 e. The van der Waals surface area contributed by atoms with Crippen molar-refractivity contribution in [3.8, 4) is 0 Å². The maximum Gasteiger partial charge on any atom is 0.245 e. The summed E-state index contributed by atoms with van der Waals surface area (Å²) in [6, 6.07) is 5.21. The van der Waals surface area contributed by atoms with E-state index in [4.69, 9.17) is 5.73 Å². The number of nitrogens with zero attached hydrogens (tertiary/aromatic N) is 1. The van der Waals surface area contributed by atoms with E-state index in [1.165, 1.54) is 0 Å². The predicted octanol–water partition coefficient (Wildman–Crippen LogP) is 1.38. The molecule has 1 atom stereocenters. The van der Waals surface area contributed by atoms with Crippen molar-refractivity contribution < 1.29 is 9.90 Å². The second-order valence-electron chi connectivity index (χ2n) is 6.03. The van der Waals surface area contributed by atoms with E-state index >= 15 is 0 Å². The molecule has 0 bridgehead atoms. The molecule has 0 radical (unpaired) electrons. The van der Waals surface area contributed by atoms with E-state index in [1.54, 1.807) is 0 Å². The van der Waals surface area contributed by atoms with Gasteiger partial charge in [-0.2, -0.15) is 0 Å². The Balaban J connectivity index is 1.78. The van der Waals surface area contributed by atoms with Crippen molar-refractivity contribution in [3.63, 3.8) is 0 Å². The summed E-state index contributed by atoms with van der Waals surface area (Å²) in [6.07, 6.45) is 3.92. The average molecular weight is 275 g/mol. The number of hydrogen-bond donors (Lipinski definition) is 3. The molecule has 1 aromatic rings. The quantitative estimate of drug-likeness (QED) is 0.778. The van der Waals surface area contributed by atoms with Crippen LogP contribution in [-0.2, 0) is 4.79 Å². The summed E-state index contributed by atoms with van der Waals surface area (Å²) in [7, 11) is 1.97. The van der Waals surface area contributed by atoms with E-state index in [0.717, 1.165) is 42.6 Å². The van der Waals surface area contributed by atoms with E-state index in [2.05, 4.69) is 5.32 Å². The third-order valence-electron chi connectivity index (χ3n) is 4.42. The minimum Gasteiger partial charge on any atom is -0.388 e. The molecule has 1 aliphatic heterocycles. The Bertz CT molecular complexity index is 538. The molecule has 2 aliphatic rings. The van der Waals surface area contributed by atoms with Crippen molar-refractivity contribution in [2.45, 2.75) is 37.3 Å². The van der Waals surface area contributed by atoms with Crippen molar-refractivity contribution >= 4 is 17.3 Å². The first kappa shape index (κ1) is 13.4. The standard InChI is InChI=1S/C15H21N3O2/c1-18(9-15(20)6-2-3-7-15)10-4-5-11-12(8-10)17-14(19)13(11)16/h4-5,8,13,20H,2-3,6-7,9,16H2,1H3,(H,17,19). The molecule has 4 N–H and O–H groups in total. The summed E-state index contributed by atoms with van der Waals surface area (Å²) in [6.45, 7) is 0.617. The predicted molar refractivity (Wildman–Crippen MR) is 78.7 cm³/mol. The molecule has 1 amide bonds. The zero-order valence-corrected chi connectivity index (χ0v) is 11.7. The minimum atomic E-state index is -0.576. The topological polar surface area (TPSA) is 78.6 Å². The van der Waals surface area contributed by atoms with Crippen molar-refractivity contribution in [1.82, 2.24) is 0 Å². The van der Waals surface area contributed by atoms with E-state index in [0.29, 0.717) is 6.54 Å². The zero-order chi connectivity index (χ0) is 14.3. The third kappa shape index (κ3) is 2.27. The highest BCUT2D eigenvalue weighted by molar-refractivity contribution is 6.02. The third-order valence-corrected chi connectivity index (χ3v) is 4.42.